The lowest BCUT2D eigenvalue weighted by Gasteiger charge is -2.27. The highest BCUT2D eigenvalue weighted by Gasteiger charge is 2.40. The van der Waals surface area contributed by atoms with Crippen LogP contribution >= 0.6 is 0 Å². The van der Waals surface area contributed by atoms with Gasteiger partial charge in [-0.05, 0) is 31.9 Å². The zero-order valence-corrected chi connectivity index (χ0v) is 11.5. The first-order valence-electron chi connectivity index (χ1n) is 6.89. The Bertz CT molecular complexity index is 510. The Hall–Kier alpha value is -1.95. The number of nitro groups is 1. The standard InChI is InChI=1S/C14H19N3O3/c1-2-8-14(9-5-10-15-14)13(18)16-11-6-3-4-7-12(11)17(19)20/h3-4,6-7,15H,2,5,8-10H2,1H3,(H,16,18). The minimum atomic E-state index is -0.585. The summed E-state index contributed by atoms with van der Waals surface area (Å²) in [5.41, 5.74) is -0.407. The highest BCUT2D eigenvalue weighted by atomic mass is 16.6. The molecule has 2 N–H and O–H groups in total. The van der Waals surface area contributed by atoms with E-state index in [9.17, 15) is 14.9 Å². The summed E-state index contributed by atoms with van der Waals surface area (Å²) in [6, 6.07) is 6.22. The van der Waals surface area contributed by atoms with Crippen LogP contribution in [0.1, 0.15) is 32.6 Å². The highest BCUT2D eigenvalue weighted by Crippen LogP contribution is 2.29. The molecule has 1 aliphatic rings. The molecule has 1 unspecified atom stereocenters. The van der Waals surface area contributed by atoms with Crippen molar-refractivity contribution in [3.63, 3.8) is 0 Å². The van der Waals surface area contributed by atoms with Crippen LogP contribution in [0.2, 0.25) is 0 Å². The molecule has 1 amide bonds. The van der Waals surface area contributed by atoms with E-state index < -0.39 is 10.5 Å². The van der Waals surface area contributed by atoms with E-state index in [0.717, 1.165) is 32.2 Å². The van der Waals surface area contributed by atoms with Gasteiger partial charge in [-0.2, -0.15) is 0 Å². The summed E-state index contributed by atoms with van der Waals surface area (Å²) in [6.45, 7) is 2.84. The van der Waals surface area contributed by atoms with Gasteiger partial charge in [-0.25, -0.2) is 0 Å². The second kappa shape index (κ2) is 6.00. The van der Waals surface area contributed by atoms with E-state index in [-0.39, 0.29) is 17.3 Å². The molecule has 6 nitrogen and oxygen atoms in total. The average Bonchev–Trinajstić information content (AvgIpc) is 2.89. The SMILES string of the molecule is CCCC1(C(=O)Nc2ccccc2[N+](=O)[O-])CCCN1. The van der Waals surface area contributed by atoms with E-state index >= 15 is 0 Å². The molecule has 1 heterocycles. The number of rotatable bonds is 5. The van der Waals surface area contributed by atoms with Crippen LogP contribution in [0.5, 0.6) is 0 Å². The molecule has 1 fully saturated rings. The van der Waals surface area contributed by atoms with Gasteiger partial charge in [0.15, 0.2) is 0 Å². The molecule has 108 valence electrons. The molecular formula is C14H19N3O3. The molecule has 20 heavy (non-hydrogen) atoms. The number of hydrogen-bond donors (Lipinski definition) is 2. The van der Waals surface area contributed by atoms with Crippen LogP contribution in [0, 0.1) is 10.1 Å². The average molecular weight is 277 g/mol. The van der Waals surface area contributed by atoms with Crippen molar-refractivity contribution in [3.8, 4) is 0 Å². The monoisotopic (exact) mass is 277 g/mol. The number of anilines is 1. The number of nitrogens with one attached hydrogen (secondary N) is 2. The maximum Gasteiger partial charge on any atom is 0.292 e. The van der Waals surface area contributed by atoms with E-state index in [1.165, 1.54) is 6.07 Å². The van der Waals surface area contributed by atoms with Crippen LogP contribution in [-0.2, 0) is 4.79 Å². The van der Waals surface area contributed by atoms with Crippen molar-refractivity contribution in [2.75, 3.05) is 11.9 Å². The van der Waals surface area contributed by atoms with Crippen molar-refractivity contribution in [2.24, 2.45) is 0 Å². The van der Waals surface area contributed by atoms with Crippen LogP contribution in [-0.4, -0.2) is 22.9 Å². The summed E-state index contributed by atoms with van der Waals surface area (Å²) < 4.78 is 0. The van der Waals surface area contributed by atoms with Crippen molar-refractivity contribution in [1.82, 2.24) is 5.32 Å². The molecule has 1 saturated heterocycles. The molecule has 0 aromatic heterocycles. The van der Waals surface area contributed by atoms with Gasteiger partial charge in [-0.3, -0.25) is 14.9 Å². The molecule has 1 atom stereocenters. The van der Waals surface area contributed by atoms with Crippen LogP contribution in [0.15, 0.2) is 24.3 Å². The molecular weight excluding hydrogens is 258 g/mol. The number of amides is 1. The third kappa shape index (κ3) is 2.80. The van der Waals surface area contributed by atoms with Crippen molar-refractivity contribution in [1.29, 1.82) is 0 Å². The summed E-state index contributed by atoms with van der Waals surface area (Å²) in [7, 11) is 0. The van der Waals surface area contributed by atoms with E-state index in [1.54, 1.807) is 18.2 Å². The van der Waals surface area contributed by atoms with Gasteiger partial charge in [-0.15, -0.1) is 0 Å². The first-order chi connectivity index (χ1) is 9.59. The van der Waals surface area contributed by atoms with Gasteiger partial charge in [0.1, 0.15) is 5.69 Å². The smallest absolute Gasteiger partial charge is 0.292 e. The zero-order chi connectivity index (χ0) is 14.6. The zero-order valence-electron chi connectivity index (χ0n) is 11.5. The highest BCUT2D eigenvalue weighted by molar-refractivity contribution is 5.99. The Morgan fingerprint density at radius 3 is 2.85 bits per heavy atom. The number of nitro benzene ring substituents is 1. The van der Waals surface area contributed by atoms with Crippen LogP contribution in [0.3, 0.4) is 0 Å². The fourth-order valence-electron chi connectivity index (χ4n) is 2.73. The lowest BCUT2D eigenvalue weighted by Crippen LogP contribution is -2.50. The Labute approximate surface area is 117 Å². The molecule has 0 saturated carbocycles. The Balaban J connectivity index is 2.21. The van der Waals surface area contributed by atoms with Crippen LogP contribution < -0.4 is 10.6 Å². The van der Waals surface area contributed by atoms with Gasteiger partial charge in [0.2, 0.25) is 5.91 Å². The quantitative estimate of drug-likeness (QED) is 0.639. The second-order valence-electron chi connectivity index (χ2n) is 5.09. The maximum absolute atomic E-state index is 12.5. The largest absolute Gasteiger partial charge is 0.319 e. The third-order valence-electron chi connectivity index (χ3n) is 3.70. The van der Waals surface area contributed by atoms with Crippen LogP contribution in [0.25, 0.3) is 0 Å². The fourth-order valence-corrected chi connectivity index (χ4v) is 2.73. The molecule has 0 spiro atoms. The summed E-state index contributed by atoms with van der Waals surface area (Å²) in [5, 5.41) is 16.9. The van der Waals surface area contributed by atoms with E-state index in [4.69, 9.17) is 0 Å². The van der Waals surface area contributed by atoms with Crippen molar-refractivity contribution in [3.05, 3.63) is 34.4 Å². The first kappa shape index (κ1) is 14.5. The topological polar surface area (TPSA) is 84.3 Å². The summed E-state index contributed by atoms with van der Waals surface area (Å²) in [4.78, 5) is 23.0. The first-order valence-corrected chi connectivity index (χ1v) is 6.89. The van der Waals surface area contributed by atoms with Gasteiger partial charge in [0, 0.05) is 6.07 Å². The molecule has 1 aromatic carbocycles. The molecule has 6 heteroatoms. The lowest BCUT2D eigenvalue weighted by atomic mass is 9.90. The van der Waals surface area contributed by atoms with Crippen LogP contribution in [0.4, 0.5) is 11.4 Å². The van der Waals surface area contributed by atoms with E-state index in [2.05, 4.69) is 10.6 Å². The summed E-state index contributed by atoms with van der Waals surface area (Å²) in [5.74, 6) is -0.175. The van der Waals surface area contributed by atoms with Crippen molar-refractivity contribution >= 4 is 17.3 Å². The van der Waals surface area contributed by atoms with E-state index in [0.29, 0.717) is 0 Å². The van der Waals surface area contributed by atoms with Crippen molar-refractivity contribution in [2.45, 2.75) is 38.1 Å². The van der Waals surface area contributed by atoms with Gasteiger partial charge in [-0.1, -0.05) is 25.5 Å². The molecule has 0 radical (unpaired) electrons. The predicted octanol–water partition coefficient (Wildman–Crippen LogP) is 2.46. The van der Waals surface area contributed by atoms with Gasteiger partial charge in [0.05, 0.1) is 10.5 Å². The Kier molecular flexibility index (Phi) is 4.34. The summed E-state index contributed by atoms with van der Waals surface area (Å²) >= 11 is 0. The number of carbonyl (C=O) groups excluding carboxylic acids is 1. The Morgan fingerprint density at radius 2 is 2.25 bits per heavy atom. The van der Waals surface area contributed by atoms with Crippen molar-refractivity contribution < 1.29 is 9.72 Å². The number of nitrogens with zero attached hydrogens (tertiary/aromatic N) is 1. The van der Waals surface area contributed by atoms with Gasteiger partial charge >= 0.3 is 0 Å². The molecule has 1 aromatic rings. The summed E-state index contributed by atoms with van der Waals surface area (Å²) in [6.07, 6.45) is 3.34. The second-order valence-corrected chi connectivity index (χ2v) is 5.09. The molecule has 0 aliphatic carbocycles. The number of benzene rings is 1. The molecule has 1 aliphatic heterocycles. The van der Waals surface area contributed by atoms with Gasteiger partial charge in [0.25, 0.3) is 5.69 Å². The lowest BCUT2D eigenvalue weighted by molar-refractivity contribution is -0.383. The van der Waals surface area contributed by atoms with Gasteiger partial charge < -0.3 is 10.6 Å². The molecule has 2 rings (SSSR count). The third-order valence-corrected chi connectivity index (χ3v) is 3.70. The predicted molar refractivity (Wildman–Crippen MR) is 76.6 cm³/mol. The Morgan fingerprint density at radius 1 is 1.50 bits per heavy atom. The van der Waals surface area contributed by atoms with E-state index in [1.807, 2.05) is 6.92 Å². The number of para-hydroxylation sites is 2. The maximum atomic E-state index is 12.5. The minimum absolute atomic E-state index is 0.0782. The minimum Gasteiger partial charge on any atom is -0.319 e. The number of hydrogen-bond acceptors (Lipinski definition) is 4. The fraction of sp³-hybridized carbons (Fsp3) is 0.500. The number of carbonyl (C=O) groups is 1. The molecule has 0 bridgehead atoms. The normalized spacial score (nSPS) is 21.6.